The van der Waals surface area contributed by atoms with Crippen molar-refractivity contribution in [1.82, 2.24) is 4.90 Å². The molecule has 3 heteroatoms. The van der Waals surface area contributed by atoms with Crippen LogP contribution in [0.25, 0.3) is 0 Å². The molecular formula is C20H29NO2. The summed E-state index contributed by atoms with van der Waals surface area (Å²) < 4.78 is 5.55. The predicted octanol–water partition coefficient (Wildman–Crippen LogP) is 4.21. The first-order valence-corrected chi connectivity index (χ1v) is 8.96. The summed E-state index contributed by atoms with van der Waals surface area (Å²) >= 11 is 0. The van der Waals surface area contributed by atoms with E-state index in [-0.39, 0.29) is 6.09 Å². The first-order valence-electron chi connectivity index (χ1n) is 8.96. The summed E-state index contributed by atoms with van der Waals surface area (Å²) in [6, 6.07) is 2.43. The molecule has 1 aromatic rings. The van der Waals surface area contributed by atoms with Crippen molar-refractivity contribution in [2.24, 2.45) is 0 Å². The smallest absolute Gasteiger partial charge is 0.410 e. The Morgan fingerprint density at radius 3 is 2.35 bits per heavy atom. The topological polar surface area (TPSA) is 29.5 Å². The van der Waals surface area contributed by atoms with Gasteiger partial charge in [-0.2, -0.15) is 0 Å². The van der Waals surface area contributed by atoms with Crippen LogP contribution in [0.15, 0.2) is 6.07 Å². The van der Waals surface area contributed by atoms with E-state index < -0.39 is 5.60 Å². The van der Waals surface area contributed by atoms with Gasteiger partial charge in [0.2, 0.25) is 0 Å². The second kappa shape index (κ2) is 6.18. The fourth-order valence-electron chi connectivity index (χ4n) is 3.93. The number of amides is 1. The standard InChI is InChI=1S/C20H29NO2/c1-14-17-8-6-5-7-15(17)13-16-9-11-21(12-10-18(14)16)19(22)23-20(2,3)4/h13H,5-12H2,1-4H3. The first-order chi connectivity index (χ1) is 10.8. The molecule has 0 atom stereocenters. The number of nitrogens with zero attached hydrogens (tertiary/aromatic N) is 1. The summed E-state index contributed by atoms with van der Waals surface area (Å²) in [6.45, 7) is 9.59. The zero-order chi connectivity index (χ0) is 16.6. The van der Waals surface area contributed by atoms with Crippen LogP contribution in [0.1, 0.15) is 61.4 Å². The molecule has 0 N–H and O–H groups in total. The maximum absolute atomic E-state index is 12.4. The van der Waals surface area contributed by atoms with E-state index in [0.717, 1.165) is 25.9 Å². The molecule has 2 aliphatic rings. The van der Waals surface area contributed by atoms with Crippen molar-refractivity contribution in [2.45, 2.75) is 71.8 Å². The molecule has 0 aromatic heterocycles. The largest absolute Gasteiger partial charge is 0.444 e. The van der Waals surface area contributed by atoms with Crippen LogP contribution in [0.5, 0.6) is 0 Å². The minimum absolute atomic E-state index is 0.173. The van der Waals surface area contributed by atoms with Crippen molar-refractivity contribution in [3.8, 4) is 0 Å². The van der Waals surface area contributed by atoms with E-state index in [9.17, 15) is 4.79 Å². The lowest BCUT2D eigenvalue weighted by Crippen LogP contribution is -2.38. The van der Waals surface area contributed by atoms with Gasteiger partial charge in [-0.1, -0.05) is 6.07 Å². The lowest BCUT2D eigenvalue weighted by molar-refractivity contribution is 0.0258. The van der Waals surface area contributed by atoms with Crippen LogP contribution in [-0.2, 0) is 30.4 Å². The van der Waals surface area contributed by atoms with Crippen LogP contribution in [0.2, 0.25) is 0 Å². The number of carbonyl (C=O) groups is 1. The average molecular weight is 315 g/mol. The van der Waals surface area contributed by atoms with Crippen LogP contribution in [0, 0.1) is 6.92 Å². The van der Waals surface area contributed by atoms with Gasteiger partial charge in [0, 0.05) is 13.1 Å². The van der Waals surface area contributed by atoms with E-state index in [2.05, 4.69) is 13.0 Å². The summed E-state index contributed by atoms with van der Waals surface area (Å²) in [5.74, 6) is 0. The normalized spacial score (nSPS) is 18.0. The zero-order valence-electron chi connectivity index (χ0n) is 15.0. The van der Waals surface area contributed by atoms with Crippen molar-refractivity contribution in [3.63, 3.8) is 0 Å². The van der Waals surface area contributed by atoms with E-state index in [1.54, 1.807) is 11.1 Å². The SMILES string of the molecule is Cc1c2c(cc3c1CCN(C(=O)OC(C)(C)C)CC3)CCCC2. The van der Waals surface area contributed by atoms with E-state index in [1.165, 1.54) is 42.4 Å². The minimum Gasteiger partial charge on any atom is -0.444 e. The summed E-state index contributed by atoms with van der Waals surface area (Å²) in [7, 11) is 0. The molecule has 0 unspecified atom stereocenters. The van der Waals surface area contributed by atoms with Crippen molar-refractivity contribution in [3.05, 3.63) is 33.9 Å². The fourth-order valence-corrected chi connectivity index (χ4v) is 3.93. The maximum Gasteiger partial charge on any atom is 0.410 e. The lowest BCUT2D eigenvalue weighted by Gasteiger charge is -2.26. The van der Waals surface area contributed by atoms with E-state index in [0.29, 0.717) is 0 Å². The molecule has 0 saturated heterocycles. The van der Waals surface area contributed by atoms with Gasteiger partial charge in [0.1, 0.15) is 5.60 Å². The molecule has 23 heavy (non-hydrogen) atoms. The summed E-state index contributed by atoms with van der Waals surface area (Å²) in [5, 5.41) is 0. The Bertz CT molecular complexity index is 613. The molecule has 1 aliphatic heterocycles. The highest BCUT2D eigenvalue weighted by molar-refractivity contribution is 5.68. The molecule has 0 saturated carbocycles. The van der Waals surface area contributed by atoms with Crippen LogP contribution >= 0.6 is 0 Å². The van der Waals surface area contributed by atoms with Gasteiger partial charge in [-0.25, -0.2) is 4.79 Å². The molecule has 126 valence electrons. The van der Waals surface area contributed by atoms with Crippen LogP contribution < -0.4 is 0 Å². The highest BCUT2D eigenvalue weighted by atomic mass is 16.6. The van der Waals surface area contributed by atoms with Gasteiger partial charge in [-0.05, 0) is 94.0 Å². The van der Waals surface area contributed by atoms with Crippen LogP contribution in [-0.4, -0.2) is 29.7 Å². The lowest BCUT2D eigenvalue weighted by atomic mass is 9.83. The summed E-state index contributed by atoms with van der Waals surface area (Å²) in [5.41, 5.74) is 7.14. The van der Waals surface area contributed by atoms with Crippen molar-refractivity contribution in [1.29, 1.82) is 0 Å². The Kier molecular flexibility index (Phi) is 4.39. The second-order valence-corrected chi connectivity index (χ2v) is 7.95. The van der Waals surface area contributed by atoms with Crippen LogP contribution in [0.4, 0.5) is 4.79 Å². The summed E-state index contributed by atoms with van der Waals surface area (Å²) in [6.07, 6.45) is 6.80. The van der Waals surface area contributed by atoms with Gasteiger partial charge in [-0.15, -0.1) is 0 Å². The van der Waals surface area contributed by atoms with Crippen molar-refractivity contribution in [2.75, 3.05) is 13.1 Å². The number of carbonyl (C=O) groups excluding carboxylic acids is 1. The minimum atomic E-state index is -0.425. The van der Waals surface area contributed by atoms with Crippen LogP contribution in [0.3, 0.4) is 0 Å². The third-order valence-electron chi connectivity index (χ3n) is 5.09. The predicted molar refractivity (Wildman–Crippen MR) is 93.0 cm³/mol. The first kappa shape index (κ1) is 16.4. The molecular weight excluding hydrogens is 286 g/mol. The third kappa shape index (κ3) is 3.54. The molecule has 1 aromatic carbocycles. The van der Waals surface area contributed by atoms with Gasteiger partial charge in [0.05, 0.1) is 0 Å². The number of hydrogen-bond acceptors (Lipinski definition) is 2. The number of benzene rings is 1. The molecule has 3 rings (SSSR count). The third-order valence-corrected chi connectivity index (χ3v) is 5.09. The van der Waals surface area contributed by atoms with Crippen molar-refractivity contribution < 1.29 is 9.53 Å². The number of fused-ring (bicyclic) bond motifs is 2. The van der Waals surface area contributed by atoms with Crippen molar-refractivity contribution >= 4 is 6.09 Å². The summed E-state index contributed by atoms with van der Waals surface area (Å²) in [4.78, 5) is 14.2. The van der Waals surface area contributed by atoms with Gasteiger partial charge >= 0.3 is 6.09 Å². The van der Waals surface area contributed by atoms with Gasteiger partial charge in [-0.3, -0.25) is 0 Å². The Balaban J connectivity index is 1.80. The Labute approximate surface area is 140 Å². The maximum atomic E-state index is 12.4. The number of hydrogen-bond donors (Lipinski definition) is 0. The molecule has 1 amide bonds. The Morgan fingerprint density at radius 1 is 1.00 bits per heavy atom. The van der Waals surface area contributed by atoms with E-state index in [4.69, 9.17) is 4.74 Å². The van der Waals surface area contributed by atoms with E-state index >= 15 is 0 Å². The molecule has 0 radical (unpaired) electrons. The number of ether oxygens (including phenoxy) is 1. The molecule has 1 heterocycles. The molecule has 0 spiro atoms. The average Bonchev–Trinajstić information content (AvgIpc) is 2.68. The zero-order valence-corrected chi connectivity index (χ0v) is 15.0. The van der Waals surface area contributed by atoms with Gasteiger partial charge < -0.3 is 9.64 Å². The quantitative estimate of drug-likeness (QED) is 0.718. The monoisotopic (exact) mass is 315 g/mol. The highest BCUT2D eigenvalue weighted by Crippen LogP contribution is 2.31. The van der Waals surface area contributed by atoms with Gasteiger partial charge in [0.15, 0.2) is 0 Å². The molecule has 1 aliphatic carbocycles. The van der Waals surface area contributed by atoms with E-state index in [1.807, 2.05) is 25.7 Å². The second-order valence-electron chi connectivity index (χ2n) is 7.95. The Morgan fingerprint density at radius 2 is 1.61 bits per heavy atom. The molecule has 0 bridgehead atoms. The number of rotatable bonds is 0. The Hall–Kier alpha value is -1.51. The molecule has 3 nitrogen and oxygen atoms in total. The van der Waals surface area contributed by atoms with Gasteiger partial charge in [0.25, 0.3) is 0 Å². The molecule has 0 fully saturated rings. The highest BCUT2D eigenvalue weighted by Gasteiger charge is 2.26. The number of aryl methyl sites for hydroxylation is 1. The fraction of sp³-hybridized carbons (Fsp3) is 0.650.